The lowest BCUT2D eigenvalue weighted by Gasteiger charge is -2.26. The Morgan fingerprint density at radius 2 is 2.00 bits per heavy atom. The Bertz CT molecular complexity index is 505. The van der Waals surface area contributed by atoms with Crippen molar-refractivity contribution in [1.29, 1.82) is 5.41 Å². The zero-order chi connectivity index (χ0) is 14.2. The lowest BCUT2D eigenvalue weighted by atomic mass is 9.87. The van der Waals surface area contributed by atoms with E-state index in [9.17, 15) is 8.78 Å². The zero-order valence-electron chi connectivity index (χ0n) is 11.6. The molecule has 2 rings (SSSR count). The molecule has 2 nitrogen and oxygen atoms in total. The van der Waals surface area contributed by atoms with Crippen molar-refractivity contribution in [2.75, 3.05) is 11.9 Å². The van der Waals surface area contributed by atoms with Gasteiger partial charge in [0.1, 0.15) is 0 Å². The maximum atomic E-state index is 14.0. The van der Waals surface area contributed by atoms with Crippen molar-refractivity contribution >= 4 is 11.9 Å². The summed E-state index contributed by atoms with van der Waals surface area (Å²) in [7, 11) is 0. The van der Waals surface area contributed by atoms with E-state index in [1.807, 2.05) is 0 Å². The van der Waals surface area contributed by atoms with Gasteiger partial charge < -0.3 is 10.7 Å². The Morgan fingerprint density at radius 1 is 1.37 bits per heavy atom. The normalized spacial score (nSPS) is 15.4. The van der Waals surface area contributed by atoms with Crippen LogP contribution in [0.4, 0.5) is 14.5 Å². The van der Waals surface area contributed by atoms with Gasteiger partial charge >= 0.3 is 0 Å². The zero-order valence-corrected chi connectivity index (χ0v) is 11.6. The average Bonchev–Trinajstić information content (AvgIpc) is 3.19. The molecule has 2 N–H and O–H groups in total. The molecule has 1 aromatic rings. The third kappa shape index (κ3) is 2.77. The molecular weight excluding hydrogens is 246 g/mol. The average molecular weight is 266 g/mol. The van der Waals surface area contributed by atoms with Gasteiger partial charge in [-0.25, -0.2) is 8.78 Å². The standard InChI is InChI=1S/C15H20F2N2/c1-9-6-10(7-18)14(13(17)12(9)16)19-8-15(2,3)11-4-5-11/h6-7,11,18-19H,4-5,8H2,1-3H3. The first kappa shape index (κ1) is 14.0. The molecule has 0 aromatic heterocycles. The van der Waals surface area contributed by atoms with Crippen molar-refractivity contribution in [2.45, 2.75) is 33.6 Å². The van der Waals surface area contributed by atoms with Gasteiger partial charge in [-0.05, 0) is 42.7 Å². The third-order valence-corrected chi connectivity index (χ3v) is 3.98. The number of halogens is 2. The van der Waals surface area contributed by atoms with Gasteiger partial charge in [-0.3, -0.25) is 0 Å². The molecule has 19 heavy (non-hydrogen) atoms. The van der Waals surface area contributed by atoms with Crippen molar-refractivity contribution in [3.8, 4) is 0 Å². The highest BCUT2D eigenvalue weighted by Gasteiger charge is 2.37. The number of anilines is 1. The molecule has 0 aliphatic heterocycles. The minimum atomic E-state index is -0.884. The van der Waals surface area contributed by atoms with Crippen LogP contribution in [0.25, 0.3) is 0 Å². The molecule has 0 bridgehead atoms. The summed E-state index contributed by atoms with van der Waals surface area (Å²) in [6, 6.07) is 1.50. The lowest BCUT2D eigenvalue weighted by Crippen LogP contribution is -2.26. The first-order chi connectivity index (χ1) is 8.86. The topological polar surface area (TPSA) is 35.9 Å². The molecule has 1 saturated carbocycles. The molecule has 1 aliphatic rings. The highest BCUT2D eigenvalue weighted by atomic mass is 19.2. The van der Waals surface area contributed by atoms with E-state index in [4.69, 9.17) is 5.41 Å². The van der Waals surface area contributed by atoms with Gasteiger partial charge in [-0.1, -0.05) is 13.8 Å². The lowest BCUT2D eigenvalue weighted by molar-refractivity contribution is 0.332. The second-order valence-corrected chi connectivity index (χ2v) is 6.05. The third-order valence-electron chi connectivity index (χ3n) is 3.98. The molecule has 0 atom stereocenters. The maximum absolute atomic E-state index is 14.0. The second-order valence-electron chi connectivity index (χ2n) is 6.05. The molecular formula is C15H20F2N2. The SMILES string of the molecule is Cc1cc(C=N)c(NCC(C)(C)C2CC2)c(F)c1F. The van der Waals surface area contributed by atoms with Crippen LogP contribution < -0.4 is 5.32 Å². The smallest absolute Gasteiger partial charge is 0.182 e. The number of nitrogens with one attached hydrogen (secondary N) is 2. The van der Waals surface area contributed by atoms with E-state index in [1.54, 1.807) is 0 Å². The van der Waals surface area contributed by atoms with E-state index >= 15 is 0 Å². The van der Waals surface area contributed by atoms with Crippen molar-refractivity contribution < 1.29 is 8.78 Å². The molecule has 1 aliphatic carbocycles. The predicted molar refractivity (Wildman–Crippen MR) is 74.0 cm³/mol. The van der Waals surface area contributed by atoms with Crippen LogP contribution in [-0.2, 0) is 0 Å². The van der Waals surface area contributed by atoms with Gasteiger partial charge in [-0.15, -0.1) is 0 Å². The Morgan fingerprint density at radius 3 is 2.53 bits per heavy atom. The number of benzene rings is 1. The molecule has 0 amide bonds. The fourth-order valence-corrected chi connectivity index (χ4v) is 2.40. The molecule has 1 aromatic carbocycles. The maximum Gasteiger partial charge on any atom is 0.182 e. The first-order valence-corrected chi connectivity index (χ1v) is 6.59. The molecule has 0 saturated heterocycles. The number of hydrogen-bond acceptors (Lipinski definition) is 2. The summed E-state index contributed by atoms with van der Waals surface area (Å²) in [5.74, 6) is -1.07. The van der Waals surface area contributed by atoms with Gasteiger partial charge in [0.2, 0.25) is 0 Å². The largest absolute Gasteiger partial charge is 0.382 e. The Labute approximate surface area is 112 Å². The number of rotatable bonds is 5. The molecule has 0 spiro atoms. The molecule has 104 valence electrons. The summed E-state index contributed by atoms with van der Waals surface area (Å²) < 4.78 is 27.6. The summed E-state index contributed by atoms with van der Waals surface area (Å²) >= 11 is 0. The van der Waals surface area contributed by atoms with Gasteiger partial charge in [-0.2, -0.15) is 0 Å². The Kier molecular flexibility index (Phi) is 3.61. The van der Waals surface area contributed by atoms with Gasteiger partial charge in [0, 0.05) is 18.3 Å². The van der Waals surface area contributed by atoms with Crippen LogP contribution in [0.15, 0.2) is 6.07 Å². The summed E-state index contributed by atoms with van der Waals surface area (Å²) in [6.07, 6.45) is 3.47. The molecule has 0 radical (unpaired) electrons. The van der Waals surface area contributed by atoms with Crippen molar-refractivity contribution in [3.63, 3.8) is 0 Å². The molecule has 1 fully saturated rings. The highest BCUT2D eigenvalue weighted by molar-refractivity contribution is 5.86. The van der Waals surface area contributed by atoms with Gasteiger partial charge in [0.25, 0.3) is 0 Å². The minimum Gasteiger partial charge on any atom is -0.382 e. The van der Waals surface area contributed by atoms with Crippen LogP contribution in [0.2, 0.25) is 0 Å². The van der Waals surface area contributed by atoms with Crippen LogP contribution in [0.5, 0.6) is 0 Å². The summed E-state index contributed by atoms with van der Waals surface area (Å²) in [6.45, 7) is 6.34. The fourth-order valence-electron chi connectivity index (χ4n) is 2.40. The van der Waals surface area contributed by atoms with E-state index in [-0.39, 0.29) is 16.7 Å². The summed E-state index contributed by atoms with van der Waals surface area (Å²) in [4.78, 5) is 0. The van der Waals surface area contributed by atoms with E-state index in [1.165, 1.54) is 25.8 Å². The minimum absolute atomic E-state index is 0.0626. The Hall–Kier alpha value is -1.45. The van der Waals surface area contributed by atoms with Gasteiger partial charge in [0.05, 0.1) is 5.69 Å². The van der Waals surface area contributed by atoms with E-state index in [0.29, 0.717) is 18.0 Å². The first-order valence-electron chi connectivity index (χ1n) is 6.59. The van der Waals surface area contributed by atoms with E-state index in [0.717, 1.165) is 6.21 Å². The molecule has 0 heterocycles. The number of aryl methyl sites for hydroxylation is 1. The fraction of sp³-hybridized carbons (Fsp3) is 0.533. The van der Waals surface area contributed by atoms with Crippen molar-refractivity contribution in [2.24, 2.45) is 11.3 Å². The predicted octanol–water partition coefficient (Wildman–Crippen LogP) is 4.12. The monoisotopic (exact) mass is 266 g/mol. The number of hydrogen-bond donors (Lipinski definition) is 2. The second kappa shape index (κ2) is 4.91. The van der Waals surface area contributed by atoms with Crippen LogP contribution >= 0.6 is 0 Å². The molecule has 0 unspecified atom stereocenters. The van der Waals surface area contributed by atoms with E-state index < -0.39 is 11.6 Å². The highest BCUT2D eigenvalue weighted by Crippen LogP contribution is 2.45. The van der Waals surface area contributed by atoms with E-state index in [2.05, 4.69) is 19.2 Å². The quantitative estimate of drug-likeness (QED) is 0.773. The van der Waals surface area contributed by atoms with Crippen molar-refractivity contribution in [1.82, 2.24) is 0 Å². The van der Waals surface area contributed by atoms with Gasteiger partial charge in [0.15, 0.2) is 11.6 Å². The molecule has 4 heteroatoms. The van der Waals surface area contributed by atoms with Crippen LogP contribution in [0.3, 0.4) is 0 Å². The Balaban J connectivity index is 2.24. The van der Waals surface area contributed by atoms with Crippen LogP contribution in [0, 0.1) is 35.3 Å². The summed E-state index contributed by atoms with van der Waals surface area (Å²) in [5, 5.41) is 10.3. The van der Waals surface area contributed by atoms with Crippen molar-refractivity contribution in [3.05, 3.63) is 28.8 Å². The van der Waals surface area contributed by atoms with Crippen LogP contribution in [-0.4, -0.2) is 12.8 Å². The summed E-state index contributed by atoms with van der Waals surface area (Å²) in [5.41, 5.74) is 0.783. The van der Waals surface area contributed by atoms with Crippen LogP contribution in [0.1, 0.15) is 37.8 Å².